The smallest absolute Gasteiger partial charge is 0.310 e. The zero-order chi connectivity index (χ0) is 20.4. The molecule has 0 spiro atoms. The minimum absolute atomic E-state index is 0.00501. The normalized spacial score (nSPS) is 11.0. The molecule has 0 aliphatic rings. The van der Waals surface area contributed by atoms with Crippen molar-refractivity contribution in [3.8, 4) is 17.6 Å². The highest BCUT2D eigenvalue weighted by Gasteiger charge is 2.18. The summed E-state index contributed by atoms with van der Waals surface area (Å²) in [7, 11) is 0. The van der Waals surface area contributed by atoms with E-state index in [0.29, 0.717) is 29.4 Å². The Kier molecular flexibility index (Phi) is 7.85. The fourth-order valence-corrected chi connectivity index (χ4v) is 2.27. The van der Waals surface area contributed by atoms with Crippen molar-refractivity contribution < 1.29 is 23.8 Å². The lowest BCUT2D eigenvalue weighted by atomic mass is 10.2. The highest BCUT2D eigenvalue weighted by molar-refractivity contribution is 5.95. The molecule has 0 saturated carbocycles. The molecule has 0 unspecified atom stereocenters. The van der Waals surface area contributed by atoms with Gasteiger partial charge in [0, 0.05) is 5.69 Å². The van der Waals surface area contributed by atoms with Crippen LogP contribution < -0.4 is 14.8 Å². The van der Waals surface area contributed by atoms with Crippen LogP contribution in [0.3, 0.4) is 0 Å². The number of benzene rings is 2. The molecule has 2 rings (SSSR count). The second-order valence-corrected chi connectivity index (χ2v) is 5.79. The molecule has 7 nitrogen and oxygen atoms in total. The molecule has 0 aliphatic heterocycles. The number of hydrogen-bond acceptors (Lipinski definition) is 6. The monoisotopic (exact) mass is 382 g/mol. The van der Waals surface area contributed by atoms with E-state index in [1.165, 1.54) is 6.92 Å². The van der Waals surface area contributed by atoms with Gasteiger partial charge in [-0.05, 0) is 50.2 Å². The first-order valence-corrected chi connectivity index (χ1v) is 8.88. The molecular weight excluding hydrogens is 360 g/mol. The first-order valence-electron chi connectivity index (χ1n) is 8.88. The molecule has 1 atom stereocenters. The molecule has 7 heteroatoms. The maximum atomic E-state index is 12.1. The number of nitriles is 1. The van der Waals surface area contributed by atoms with Gasteiger partial charge in [-0.2, -0.15) is 5.26 Å². The van der Waals surface area contributed by atoms with E-state index in [1.54, 1.807) is 36.4 Å². The number of rotatable bonds is 9. The zero-order valence-corrected chi connectivity index (χ0v) is 15.8. The third-order valence-electron chi connectivity index (χ3n) is 3.67. The Bertz CT molecular complexity index is 843. The van der Waals surface area contributed by atoms with Crippen LogP contribution in [0, 0.1) is 11.3 Å². The fraction of sp³-hybridized carbons (Fsp3) is 0.286. The van der Waals surface area contributed by atoms with Crippen LogP contribution in [0.4, 0.5) is 5.69 Å². The number of nitrogens with zero attached hydrogens (tertiary/aromatic N) is 1. The standard InChI is InChI=1S/C21H22N2O5/c1-3-26-18-6-4-5-7-19(18)27-13-12-20(24)28-15(2)21(25)23-17-10-8-16(14-22)9-11-17/h4-11,15H,3,12-13H2,1-2H3,(H,23,25)/t15-/m0/s1. The van der Waals surface area contributed by atoms with Crippen molar-refractivity contribution in [1.29, 1.82) is 5.26 Å². The second kappa shape index (κ2) is 10.6. The molecule has 0 radical (unpaired) electrons. The Labute approximate surface area is 163 Å². The van der Waals surface area contributed by atoms with Crippen molar-refractivity contribution in [3.05, 3.63) is 54.1 Å². The van der Waals surface area contributed by atoms with Crippen LogP contribution in [0.1, 0.15) is 25.8 Å². The van der Waals surface area contributed by atoms with E-state index in [0.717, 1.165) is 0 Å². The van der Waals surface area contributed by atoms with Gasteiger partial charge in [0.2, 0.25) is 0 Å². The molecule has 146 valence electrons. The number of carbonyl (C=O) groups is 2. The van der Waals surface area contributed by atoms with Crippen molar-refractivity contribution in [2.24, 2.45) is 0 Å². The summed E-state index contributed by atoms with van der Waals surface area (Å²) in [6.07, 6.45) is -0.964. The third kappa shape index (κ3) is 6.32. The highest BCUT2D eigenvalue weighted by Crippen LogP contribution is 2.26. The zero-order valence-electron chi connectivity index (χ0n) is 15.8. The number of anilines is 1. The van der Waals surface area contributed by atoms with Gasteiger partial charge in [0.1, 0.15) is 0 Å². The Morgan fingerprint density at radius 2 is 1.71 bits per heavy atom. The van der Waals surface area contributed by atoms with Crippen LogP contribution in [0.25, 0.3) is 0 Å². The van der Waals surface area contributed by atoms with Crippen LogP contribution in [0.2, 0.25) is 0 Å². The van der Waals surface area contributed by atoms with Crippen LogP contribution in [0.15, 0.2) is 48.5 Å². The molecule has 0 aromatic heterocycles. The van der Waals surface area contributed by atoms with Crippen LogP contribution in [-0.2, 0) is 14.3 Å². The first kappa shape index (κ1) is 20.8. The minimum atomic E-state index is -0.959. The number of hydrogen-bond donors (Lipinski definition) is 1. The first-order chi connectivity index (χ1) is 13.5. The van der Waals surface area contributed by atoms with E-state index >= 15 is 0 Å². The Morgan fingerprint density at radius 1 is 1.07 bits per heavy atom. The number of carbonyl (C=O) groups excluding carboxylic acids is 2. The lowest BCUT2D eigenvalue weighted by Crippen LogP contribution is -2.30. The molecule has 2 aromatic carbocycles. The summed E-state index contributed by atoms with van der Waals surface area (Å²) in [6, 6.07) is 15.6. The van der Waals surface area contributed by atoms with E-state index < -0.39 is 18.0 Å². The van der Waals surface area contributed by atoms with Crippen molar-refractivity contribution in [3.63, 3.8) is 0 Å². The Balaban J connectivity index is 1.77. The topological polar surface area (TPSA) is 97.7 Å². The number of esters is 1. The number of para-hydroxylation sites is 2. The summed E-state index contributed by atoms with van der Waals surface area (Å²) in [5, 5.41) is 11.4. The van der Waals surface area contributed by atoms with Gasteiger partial charge in [0.05, 0.1) is 31.3 Å². The van der Waals surface area contributed by atoms with Gasteiger partial charge in [-0.15, -0.1) is 0 Å². The number of nitrogens with one attached hydrogen (secondary N) is 1. The van der Waals surface area contributed by atoms with Gasteiger partial charge in [-0.1, -0.05) is 12.1 Å². The quantitative estimate of drug-likeness (QED) is 0.668. The lowest BCUT2D eigenvalue weighted by molar-refractivity contribution is -0.153. The molecule has 0 bridgehead atoms. The van der Waals surface area contributed by atoms with Crippen molar-refractivity contribution >= 4 is 17.6 Å². The van der Waals surface area contributed by atoms with Gasteiger partial charge in [-0.3, -0.25) is 9.59 Å². The fourth-order valence-electron chi connectivity index (χ4n) is 2.27. The maximum Gasteiger partial charge on any atom is 0.310 e. The van der Waals surface area contributed by atoms with Crippen molar-refractivity contribution in [1.82, 2.24) is 0 Å². The van der Waals surface area contributed by atoms with Gasteiger partial charge < -0.3 is 19.5 Å². The minimum Gasteiger partial charge on any atom is -0.490 e. The van der Waals surface area contributed by atoms with Crippen LogP contribution >= 0.6 is 0 Å². The number of ether oxygens (including phenoxy) is 3. The molecule has 28 heavy (non-hydrogen) atoms. The molecular formula is C21H22N2O5. The van der Waals surface area contributed by atoms with Crippen LogP contribution in [-0.4, -0.2) is 31.2 Å². The summed E-state index contributed by atoms with van der Waals surface area (Å²) in [6.45, 7) is 3.97. The summed E-state index contributed by atoms with van der Waals surface area (Å²) < 4.78 is 16.1. The molecule has 1 amide bonds. The van der Waals surface area contributed by atoms with E-state index in [9.17, 15) is 9.59 Å². The van der Waals surface area contributed by atoms with E-state index in [1.807, 2.05) is 25.1 Å². The molecule has 0 saturated heterocycles. The average Bonchev–Trinajstić information content (AvgIpc) is 2.70. The molecule has 0 aliphatic carbocycles. The van der Waals surface area contributed by atoms with Gasteiger partial charge in [0.15, 0.2) is 17.6 Å². The van der Waals surface area contributed by atoms with E-state index in [4.69, 9.17) is 19.5 Å². The molecule has 2 aromatic rings. The van der Waals surface area contributed by atoms with E-state index in [2.05, 4.69) is 5.32 Å². The summed E-state index contributed by atoms with van der Waals surface area (Å²) in [5.74, 6) is 0.148. The Morgan fingerprint density at radius 3 is 2.32 bits per heavy atom. The SMILES string of the molecule is CCOc1ccccc1OCCC(=O)O[C@@H](C)C(=O)Nc1ccc(C#N)cc1. The number of amides is 1. The highest BCUT2D eigenvalue weighted by atomic mass is 16.6. The predicted octanol–water partition coefficient (Wildman–Crippen LogP) is 3.30. The maximum absolute atomic E-state index is 12.1. The largest absolute Gasteiger partial charge is 0.490 e. The molecule has 0 heterocycles. The molecule has 1 N–H and O–H groups in total. The Hall–Kier alpha value is -3.53. The summed E-state index contributed by atoms with van der Waals surface area (Å²) in [5.41, 5.74) is 1.01. The molecule has 0 fully saturated rings. The lowest BCUT2D eigenvalue weighted by Gasteiger charge is -2.14. The van der Waals surface area contributed by atoms with Gasteiger partial charge in [0.25, 0.3) is 5.91 Å². The third-order valence-corrected chi connectivity index (χ3v) is 3.67. The van der Waals surface area contributed by atoms with Gasteiger partial charge >= 0.3 is 5.97 Å². The average molecular weight is 382 g/mol. The summed E-state index contributed by atoms with van der Waals surface area (Å²) >= 11 is 0. The predicted molar refractivity (Wildman–Crippen MR) is 103 cm³/mol. The van der Waals surface area contributed by atoms with Crippen molar-refractivity contribution in [2.75, 3.05) is 18.5 Å². The van der Waals surface area contributed by atoms with Crippen LogP contribution in [0.5, 0.6) is 11.5 Å². The van der Waals surface area contributed by atoms with Gasteiger partial charge in [-0.25, -0.2) is 0 Å². The van der Waals surface area contributed by atoms with Crippen molar-refractivity contribution in [2.45, 2.75) is 26.4 Å². The second-order valence-electron chi connectivity index (χ2n) is 5.79. The summed E-state index contributed by atoms with van der Waals surface area (Å²) in [4.78, 5) is 24.1. The van der Waals surface area contributed by atoms with E-state index in [-0.39, 0.29) is 13.0 Å².